The van der Waals surface area contributed by atoms with Crippen LogP contribution in [0.5, 0.6) is 0 Å². The molecule has 8 nitrogen and oxygen atoms in total. The lowest BCUT2D eigenvalue weighted by Crippen LogP contribution is -2.68. The van der Waals surface area contributed by atoms with E-state index in [9.17, 15) is 15.0 Å². The molecular formula is C56H78N2O6. The van der Waals surface area contributed by atoms with Crippen LogP contribution in [-0.2, 0) is 38.4 Å². The Morgan fingerprint density at radius 2 is 1.69 bits per heavy atom. The van der Waals surface area contributed by atoms with Gasteiger partial charge in [-0.1, -0.05) is 78.1 Å². The average molecular weight is 875 g/mol. The van der Waals surface area contributed by atoms with Crippen LogP contribution in [0.15, 0.2) is 41.6 Å². The van der Waals surface area contributed by atoms with E-state index >= 15 is 4.79 Å². The van der Waals surface area contributed by atoms with Gasteiger partial charge in [0.1, 0.15) is 11.9 Å². The number of carbonyl (C=O) groups excluding carboxylic acids is 2. The molecule has 64 heavy (non-hydrogen) atoms. The molecule has 5 aliphatic carbocycles. The van der Waals surface area contributed by atoms with Gasteiger partial charge in [0.05, 0.1) is 28.8 Å². The molecule has 2 aromatic heterocycles. The monoisotopic (exact) mass is 875 g/mol. The van der Waals surface area contributed by atoms with Crippen molar-refractivity contribution in [3.05, 3.63) is 69.6 Å². The number of hydrogen-bond acceptors (Lipinski definition) is 6. The number of aliphatic hydroxyl groups excluding tert-OH is 2. The smallest absolute Gasteiger partial charge is 0.160 e. The van der Waals surface area contributed by atoms with Crippen LogP contribution in [0.1, 0.15) is 166 Å². The molecule has 10 rings (SSSR count). The minimum Gasteiger partial charge on any atom is -0.392 e. The van der Waals surface area contributed by atoms with Gasteiger partial charge < -0.3 is 29.2 Å². The Balaban J connectivity index is 1.10. The second kappa shape index (κ2) is 15.8. The molecule has 0 spiro atoms. The normalized spacial score (nSPS) is 37.5. The number of carbonyl (C=O) groups is 2. The fourth-order valence-corrected chi connectivity index (χ4v) is 16.9. The lowest BCUT2D eigenvalue weighted by atomic mass is 9.34. The number of fused-ring (bicyclic) bond motifs is 6. The number of allylic oxidation sites excluding steroid dienone is 1. The number of aliphatic hydroxyl groups is 2. The van der Waals surface area contributed by atoms with E-state index in [0.717, 1.165) is 93.2 Å². The van der Waals surface area contributed by atoms with Gasteiger partial charge >= 0.3 is 0 Å². The summed E-state index contributed by atoms with van der Waals surface area (Å²) in [7, 11) is 0. The molecule has 0 radical (unpaired) electrons. The first-order valence-electron chi connectivity index (χ1n) is 25.6. The van der Waals surface area contributed by atoms with Gasteiger partial charge in [-0.05, 0) is 147 Å². The molecule has 11 unspecified atom stereocenters. The zero-order valence-electron chi connectivity index (χ0n) is 40.6. The van der Waals surface area contributed by atoms with Gasteiger partial charge in [-0.15, -0.1) is 0 Å². The van der Waals surface area contributed by atoms with Crippen molar-refractivity contribution < 1.29 is 29.3 Å². The Labute approximate surface area is 382 Å². The third kappa shape index (κ3) is 6.62. The molecule has 3 aromatic rings. The molecule has 8 heteroatoms. The van der Waals surface area contributed by atoms with Gasteiger partial charge in [0.2, 0.25) is 0 Å². The minimum absolute atomic E-state index is 0.0854. The number of Topliss-reactive ketones (excluding diaryl/α,β-unsaturated/α-hetero) is 2. The topological polar surface area (TPSA) is 117 Å². The van der Waals surface area contributed by atoms with Crippen molar-refractivity contribution in [3.63, 3.8) is 0 Å². The van der Waals surface area contributed by atoms with Crippen molar-refractivity contribution >= 4 is 22.6 Å². The standard InChI is InChI=1S/C56H78N2O6/c1-10-40-38(29-34-25-32(2)26-36(28-34)35-18-23-63-24-19-35)48-41(17-22-57-48)58(40)31-39-47-46(33(3)27-42(59)51-52(4,5)64-51)43(60)30-55(47,8)54(7)21-15-44-53(6,50(54)49(39)62)20-16-45(61)56(44,9)37-13-11-12-14-37/h17,22,25-26,28,33,35,37,39,42,44,49-51,57,59,62H,10-16,18-21,23-24,27,29-31H2,1-9H3. The molecule has 6 fully saturated rings. The maximum atomic E-state index is 15.0. The molecule has 4 heterocycles. The molecule has 2 saturated heterocycles. The van der Waals surface area contributed by atoms with Crippen LogP contribution >= 0.6 is 0 Å². The number of nitrogens with one attached hydrogen (secondary N) is 1. The predicted octanol–water partition coefficient (Wildman–Crippen LogP) is 10.8. The molecular weight excluding hydrogens is 797 g/mol. The molecule has 0 amide bonds. The first-order valence-corrected chi connectivity index (χ1v) is 25.6. The van der Waals surface area contributed by atoms with Crippen LogP contribution in [0.3, 0.4) is 0 Å². The molecule has 3 N–H and O–H groups in total. The minimum atomic E-state index is -0.714. The van der Waals surface area contributed by atoms with Gasteiger partial charge in [0, 0.05) is 73.2 Å². The zero-order valence-corrected chi connectivity index (χ0v) is 40.6. The van der Waals surface area contributed by atoms with E-state index in [-0.39, 0.29) is 57.4 Å². The summed E-state index contributed by atoms with van der Waals surface area (Å²) in [5, 5.41) is 25.3. The Kier molecular flexibility index (Phi) is 11.0. The molecule has 2 aliphatic heterocycles. The van der Waals surface area contributed by atoms with Crippen LogP contribution in [-0.4, -0.2) is 68.5 Å². The molecule has 348 valence electrons. The molecule has 4 saturated carbocycles. The van der Waals surface area contributed by atoms with Crippen LogP contribution < -0.4 is 0 Å². The average Bonchev–Trinajstić information content (AvgIpc) is 3.81. The van der Waals surface area contributed by atoms with Crippen molar-refractivity contribution in [1.29, 1.82) is 0 Å². The second-order valence-electron chi connectivity index (χ2n) is 23.8. The van der Waals surface area contributed by atoms with Crippen LogP contribution in [0, 0.1) is 58.2 Å². The highest BCUT2D eigenvalue weighted by Crippen LogP contribution is 2.76. The number of nitrogens with zero attached hydrogens (tertiary/aromatic N) is 1. The number of ether oxygens (including phenoxy) is 2. The highest BCUT2D eigenvalue weighted by atomic mass is 16.6. The van der Waals surface area contributed by atoms with Gasteiger partial charge in [-0.2, -0.15) is 0 Å². The van der Waals surface area contributed by atoms with E-state index in [1.807, 2.05) is 13.8 Å². The predicted molar refractivity (Wildman–Crippen MR) is 252 cm³/mol. The van der Waals surface area contributed by atoms with E-state index in [4.69, 9.17) is 9.47 Å². The van der Waals surface area contributed by atoms with Crippen LogP contribution in [0.4, 0.5) is 0 Å². The van der Waals surface area contributed by atoms with Crippen molar-refractivity contribution in [3.8, 4) is 0 Å². The van der Waals surface area contributed by atoms with Crippen molar-refractivity contribution in [2.24, 2.45) is 51.2 Å². The highest BCUT2D eigenvalue weighted by molar-refractivity contribution is 6.01. The van der Waals surface area contributed by atoms with E-state index < -0.39 is 17.6 Å². The van der Waals surface area contributed by atoms with E-state index in [2.05, 4.69) is 88.5 Å². The Hall–Kier alpha value is -3.04. The van der Waals surface area contributed by atoms with Crippen molar-refractivity contribution in [2.45, 2.75) is 189 Å². The molecule has 11 atom stereocenters. The fraction of sp³-hybridized carbons (Fsp3) is 0.714. The lowest BCUT2D eigenvalue weighted by molar-refractivity contribution is -0.226. The summed E-state index contributed by atoms with van der Waals surface area (Å²) < 4.78 is 14.2. The molecule has 0 bridgehead atoms. The van der Waals surface area contributed by atoms with Gasteiger partial charge in [0.15, 0.2) is 5.78 Å². The van der Waals surface area contributed by atoms with E-state index in [1.165, 1.54) is 40.8 Å². The summed E-state index contributed by atoms with van der Waals surface area (Å²) in [5.74, 6) is 1.16. The van der Waals surface area contributed by atoms with E-state index in [0.29, 0.717) is 43.4 Å². The number of aromatic nitrogens is 2. The second-order valence-corrected chi connectivity index (χ2v) is 23.8. The Morgan fingerprint density at radius 1 is 0.969 bits per heavy atom. The first-order chi connectivity index (χ1) is 30.4. The van der Waals surface area contributed by atoms with Crippen molar-refractivity contribution in [2.75, 3.05) is 13.2 Å². The lowest BCUT2D eigenvalue weighted by Gasteiger charge is -2.70. The van der Waals surface area contributed by atoms with E-state index in [1.54, 1.807) is 0 Å². The SMILES string of the molecule is CCc1c(Cc2cc(C)cc(C3CCOCC3)c2)c2[nH]ccc2n1CC1C2=C(C(C)CC(O)C3OC3(C)C)C(=O)CC2(C)C2(C)CCC3C(C)(CCC(=O)C3(C)C3CCCC3)C2C1O. The van der Waals surface area contributed by atoms with Crippen LogP contribution in [0.2, 0.25) is 0 Å². The maximum absolute atomic E-state index is 15.0. The fourth-order valence-electron chi connectivity index (χ4n) is 16.9. The van der Waals surface area contributed by atoms with Crippen molar-refractivity contribution in [1.82, 2.24) is 9.55 Å². The third-order valence-electron chi connectivity index (χ3n) is 20.1. The highest BCUT2D eigenvalue weighted by Gasteiger charge is 2.73. The maximum Gasteiger partial charge on any atom is 0.160 e. The number of rotatable bonds is 11. The molecule has 7 aliphatic rings. The molecule has 1 aromatic carbocycles. The number of ketones is 2. The quantitative estimate of drug-likeness (QED) is 0.165. The summed E-state index contributed by atoms with van der Waals surface area (Å²) in [6.07, 6.45) is 12.9. The number of aromatic amines is 1. The summed E-state index contributed by atoms with van der Waals surface area (Å²) in [6.45, 7) is 22.5. The number of aryl methyl sites for hydroxylation is 1. The first kappa shape index (κ1) is 44.8. The Morgan fingerprint density at radius 3 is 2.38 bits per heavy atom. The number of epoxide rings is 1. The largest absolute Gasteiger partial charge is 0.392 e. The summed E-state index contributed by atoms with van der Waals surface area (Å²) in [4.78, 5) is 33.1. The number of H-pyrrole nitrogens is 1. The third-order valence-corrected chi connectivity index (χ3v) is 20.1. The summed E-state index contributed by atoms with van der Waals surface area (Å²) in [6, 6.07) is 9.37. The summed E-state index contributed by atoms with van der Waals surface area (Å²) >= 11 is 0. The Bertz CT molecular complexity index is 2360. The number of benzene rings is 1. The number of hydrogen-bond donors (Lipinski definition) is 3. The van der Waals surface area contributed by atoms with Gasteiger partial charge in [-0.3, -0.25) is 9.59 Å². The summed E-state index contributed by atoms with van der Waals surface area (Å²) in [5.41, 5.74) is 9.07. The van der Waals surface area contributed by atoms with Crippen LogP contribution in [0.25, 0.3) is 11.0 Å². The van der Waals surface area contributed by atoms with Gasteiger partial charge in [0.25, 0.3) is 0 Å². The van der Waals surface area contributed by atoms with Gasteiger partial charge in [-0.25, -0.2) is 0 Å². The zero-order chi connectivity index (χ0) is 45.3.